The lowest BCUT2D eigenvalue weighted by Crippen LogP contribution is -2.24. The third-order valence-corrected chi connectivity index (χ3v) is 3.86. The van der Waals surface area contributed by atoms with Crippen LogP contribution in [0.1, 0.15) is 19.8 Å². The molecule has 4 nitrogen and oxygen atoms in total. The lowest BCUT2D eigenvalue weighted by Gasteiger charge is -2.10. The van der Waals surface area contributed by atoms with Crippen molar-refractivity contribution in [1.82, 2.24) is 20.1 Å². The van der Waals surface area contributed by atoms with Crippen LogP contribution in [0.15, 0.2) is 11.5 Å². The molecular formula is C10H18N4S. The summed E-state index contributed by atoms with van der Waals surface area (Å²) in [5.41, 5.74) is 0. The Morgan fingerprint density at radius 2 is 2.47 bits per heavy atom. The number of aromatic nitrogens is 3. The molecule has 0 spiro atoms. The minimum absolute atomic E-state index is 0.687. The van der Waals surface area contributed by atoms with Gasteiger partial charge in [-0.2, -0.15) is 0 Å². The highest BCUT2D eigenvalue weighted by molar-refractivity contribution is 7.99. The molecule has 0 aliphatic heterocycles. The zero-order valence-corrected chi connectivity index (χ0v) is 10.1. The van der Waals surface area contributed by atoms with Crippen molar-refractivity contribution >= 4 is 11.8 Å². The van der Waals surface area contributed by atoms with E-state index in [1.165, 1.54) is 12.8 Å². The average Bonchev–Trinajstić information content (AvgIpc) is 2.96. The van der Waals surface area contributed by atoms with Gasteiger partial charge in [0.05, 0.1) is 0 Å². The maximum absolute atomic E-state index is 4.05. The number of thioether (sulfide) groups is 1. The van der Waals surface area contributed by atoms with Gasteiger partial charge in [-0.3, -0.25) is 0 Å². The van der Waals surface area contributed by atoms with E-state index in [-0.39, 0.29) is 0 Å². The number of hydrogen-bond acceptors (Lipinski definition) is 4. The Morgan fingerprint density at radius 3 is 3.07 bits per heavy atom. The van der Waals surface area contributed by atoms with Crippen molar-refractivity contribution in [2.24, 2.45) is 13.0 Å². The van der Waals surface area contributed by atoms with Crippen LogP contribution in [-0.4, -0.2) is 33.1 Å². The highest BCUT2D eigenvalue weighted by atomic mass is 32.2. The molecule has 2 rings (SSSR count). The van der Waals surface area contributed by atoms with Gasteiger partial charge < -0.3 is 9.88 Å². The zero-order valence-electron chi connectivity index (χ0n) is 9.31. The summed E-state index contributed by atoms with van der Waals surface area (Å²) in [6.07, 6.45) is 4.47. The van der Waals surface area contributed by atoms with E-state index in [0.29, 0.717) is 5.92 Å². The molecule has 1 atom stereocenters. The van der Waals surface area contributed by atoms with Gasteiger partial charge in [-0.05, 0) is 25.3 Å². The number of nitrogens with one attached hydrogen (secondary N) is 1. The van der Waals surface area contributed by atoms with Crippen molar-refractivity contribution in [2.75, 3.05) is 12.3 Å². The van der Waals surface area contributed by atoms with Crippen molar-refractivity contribution in [1.29, 1.82) is 0 Å². The normalized spacial score (nSPS) is 18.0. The van der Waals surface area contributed by atoms with E-state index in [1.54, 1.807) is 18.1 Å². The number of hydrogen-bond donors (Lipinski definition) is 1. The van der Waals surface area contributed by atoms with Gasteiger partial charge in [0.1, 0.15) is 6.33 Å². The molecule has 1 aliphatic carbocycles. The minimum Gasteiger partial charge on any atom is -0.314 e. The van der Waals surface area contributed by atoms with Crippen molar-refractivity contribution in [3.8, 4) is 0 Å². The molecule has 1 aromatic heterocycles. The molecule has 0 saturated heterocycles. The smallest absolute Gasteiger partial charge is 0.190 e. The highest BCUT2D eigenvalue weighted by Crippen LogP contribution is 2.20. The Kier molecular flexibility index (Phi) is 3.64. The fourth-order valence-corrected chi connectivity index (χ4v) is 2.24. The van der Waals surface area contributed by atoms with Crippen LogP contribution < -0.4 is 5.32 Å². The van der Waals surface area contributed by atoms with Crippen molar-refractivity contribution in [2.45, 2.75) is 31.0 Å². The molecular weight excluding hydrogens is 208 g/mol. The quantitative estimate of drug-likeness (QED) is 0.742. The minimum atomic E-state index is 0.687. The largest absolute Gasteiger partial charge is 0.314 e. The summed E-state index contributed by atoms with van der Waals surface area (Å²) in [6.45, 7) is 3.40. The van der Waals surface area contributed by atoms with Gasteiger partial charge in [0, 0.05) is 18.8 Å². The third-order valence-electron chi connectivity index (χ3n) is 2.50. The lowest BCUT2D eigenvalue weighted by atomic mass is 10.2. The standard InChI is InChI=1S/C10H18N4S/c1-8(5-11-9-3-4-9)6-15-10-13-12-7-14(10)2/h7-9,11H,3-6H2,1-2H3. The SMILES string of the molecule is CC(CNC1CC1)CSc1nncn1C. The van der Waals surface area contributed by atoms with E-state index < -0.39 is 0 Å². The van der Waals surface area contributed by atoms with Gasteiger partial charge >= 0.3 is 0 Å². The maximum Gasteiger partial charge on any atom is 0.190 e. The summed E-state index contributed by atoms with van der Waals surface area (Å²) >= 11 is 1.78. The summed E-state index contributed by atoms with van der Waals surface area (Å²) in [7, 11) is 1.98. The molecule has 1 aromatic rings. The van der Waals surface area contributed by atoms with Gasteiger partial charge in [0.25, 0.3) is 0 Å². The zero-order chi connectivity index (χ0) is 10.7. The molecule has 84 valence electrons. The second-order valence-electron chi connectivity index (χ2n) is 4.32. The monoisotopic (exact) mass is 226 g/mol. The molecule has 1 heterocycles. The van der Waals surface area contributed by atoms with E-state index >= 15 is 0 Å². The van der Waals surface area contributed by atoms with Crippen molar-refractivity contribution in [3.63, 3.8) is 0 Å². The predicted octanol–water partition coefficient (Wildman–Crippen LogP) is 1.30. The van der Waals surface area contributed by atoms with Crippen LogP contribution in [0.4, 0.5) is 0 Å². The third kappa shape index (κ3) is 3.50. The van der Waals surface area contributed by atoms with Crippen LogP contribution in [0.25, 0.3) is 0 Å². The number of aryl methyl sites for hydroxylation is 1. The Hall–Kier alpha value is -0.550. The van der Waals surface area contributed by atoms with E-state index in [2.05, 4.69) is 22.4 Å². The fraction of sp³-hybridized carbons (Fsp3) is 0.800. The molecule has 1 N–H and O–H groups in total. The summed E-state index contributed by atoms with van der Waals surface area (Å²) in [5.74, 6) is 1.79. The molecule has 15 heavy (non-hydrogen) atoms. The first-order valence-corrected chi connectivity index (χ1v) is 6.44. The van der Waals surface area contributed by atoms with Gasteiger partial charge in [-0.15, -0.1) is 10.2 Å². The second kappa shape index (κ2) is 4.99. The molecule has 1 saturated carbocycles. The molecule has 0 bridgehead atoms. The maximum atomic E-state index is 4.05. The first-order valence-electron chi connectivity index (χ1n) is 5.46. The Labute approximate surface area is 94.8 Å². The molecule has 5 heteroatoms. The van der Waals surface area contributed by atoms with Gasteiger partial charge in [-0.1, -0.05) is 18.7 Å². The van der Waals surface area contributed by atoms with Gasteiger partial charge in [0.15, 0.2) is 5.16 Å². The van der Waals surface area contributed by atoms with Crippen LogP contribution >= 0.6 is 11.8 Å². The average molecular weight is 226 g/mol. The van der Waals surface area contributed by atoms with Crippen LogP contribution in [0.2, 0.25) is 0 Å². The molecule has 1 fully saturated rings. The van der Waals surface area contributed by atoms with Crippen molar-refractivity contribution in [3.05, 3.63) is 6.33 Å². The molecule has 1 aliphatic rings. The Bertz CT molecular complexity index is 308. The molecule has 0 aromatic carbocycles. The molecule has 0 amide bonds. The van der Waals surface area contributed by atoms with Gasteiger partial charge in [-0.25, -0.2) is 0 Å². The first-order chi connectivity index (χ1) is 7.25. The predicted molar refractivity (Wildman–Crippen MR) is 61.9 cm³/mol. The topological polar surface area (TPSA) is 42.7 Å². The first kappa shape index (κ1) is 11.0. The van der Waals surface area contributed by atoms with E-state index in [0.717, 1.165) is 23.5 Å². The number of rotatable bonds is 6. The van der Waals surface area contributed by atoms with E-state index in [1.807, 2.05) is 11.6 Å². The summed E-state index contributed by atoms with van der Waals surface area (Å²) in [4.78, 5) is 0. The van der Waals surface area contributed by atoms with E-state index in [4.69, 9.17) is 0 Å². The molecule has 0 radical (unpaired) electrons. The van der Waals surface area contributed by atoms with Crippen LogP contribution in [0.3, 0.4) is 0 Å². The summed E-state index contributed by atoms with van der Waals surface area (Å²) in [5, 5.41) is 12.5. The fourth-order valence-electron chi connectivity index (χ4n) is 1.33. The highest BCUT2D eigenvalue weighted by Gasteiger charge is 2.20. The summed E-state index contributed by atoms with van der Waals surface area (Å²) in [6, 6.07) is 0.812. The molecule has 1 unspecified atom stereocenters. The van der Waals surface area contributed by atoms with Crippen molar-refractivity contribution < 1.29 is 0 Å². The lowest BCUT2D eigenvalue weighted by molar-refractivity contribution is 0.556. The summed E-state index contributed by atoms with van der Waals surface area (Å²) < 4.78 is 1.96. The van der Waals surface area contributed by atoms with Gasteiger partial charge in [0.2, 0.25) is 0 Å². The number of nitrogens with zero attached hydrogens (tertiary/aromatic N) is 3. The van der Waals surface area contributed by atoms with Crippen LogP contribution in [0.5, 0.6) is 0 Å². The van der Waals surface area contributed by atoms with Crippen LogP contribution in [-0.2, 0) is 7.05 Å². The Morgan fingerprint density at radius 1 is 1.67 bits per heavy atom. The van der Waals surface area contributed by atoms with Crippen LogP contribution in [0, 0.1) is 5.92 Å². The Balaban J connectivity index is 1.65. The second-order valence-corrected chi connectivity index (χ2v) is 5.31. The van der Waals surface area contributed by atoms with E-state index in [9.17, 15) is 0 Å².